The summed E-state index contributed by atoms with van der Waals surface area (Å²) in [5, 5.41) is 0. The molecule has 3 aromatic rings. The van der Waals surface area contributed by atoms with Crippen molar-refractivity contribution in [3.8, 4) is 5.75 Å². The van der Waals surface area contributed by atoms with Gasteiger partial charge in [-0.1, -0.05) is 42.5 Å². The standard InChI is InChI=1S/C27H29N3O2/c1-22-6-2-3-7-24(22)20-29-16-18-30(19-17-29)27(31)14-11-23-9-12-26(13-10-23)32-21-25-8-4-5-15-28-25/h2-15H,16-21H2,1H3/b14-11+. The van der Waals surface area contributed by atoms with E-state index in [-0.39, 0.29) is 5.91 Å². The molecular formula is C27H29N3O2. The number of aromatic nitrogens is 1. The van der Waals surface area contributed by atoms with Crippen molar-refractivity contribution < 1.29 is 9.53 Å². The number of pyridine rings is 1. The van der Waals surface area contributed by atoms with Crippen LogP contribution < -0.4 is 4.74 Å². The van der Waals surface area contributed by atoms with Crippen LogP contribution in [0.25, 0.3) is 6.08 Å². The molecule has 1 amide bonds. The Morgan fingerprint density at radius 1 is 0.969 bits per heavy atom. The van der Waals surface area contributed by atoms with Gasteiger partial charge in [0.15, 0.2) is 0 Å². The van der Waals surface area contributed by atoms with Crippen molar-refractivity contribution in [2.75, 3.05) is 26.2 Å². The van der Waals surface area contributed by atoms with Gasteiger partial charge in [-0.25, -0.2) is 0 Å². The molecule has 0 aliphatic carbocycles. The summed E-state index contributed by atoms with van der Waals surface area (Å²) in [6.45, 7) is 6.85. The van der Waals surface area contributed by atoms with Crippen molar-refractivity contribution in [1.29, 1.82) is 0 Å². The normalized spacial score (nSPS) is 14.6. The lowest BCUT2D eigenvalue weighted by Gasteiger charge is -2.34. The minimum absolute atomic E-state index is 0.0658. The van der Waals surface area contributed by atoms with E-state index < -0.39 is 0 Å². The fraction of sp³-hybridized carbons (Fsp3) is 0.259. The Morgan fingerprint density at radius 2 is 1.72 bits per heavy atom. The molecular weight excluding hydrogens is 398 g/mol. The van der Waals surface area contributed by atoms with Gasteiger partial charge in [0, 0.05) is 45.0 Å². The average molecular weight is 428 g/mol. The highest BCUT2D eigenvalue weighted by atomic mass is 16.5. The van der Waals surface area contributed by atoms with Gasteiger partial charge < -0.3 is 9.64 Å². The molecule has 5 heteroatoms. The molecule has 1 aliphatic heterocycles. The lowest BCUT2D eigenvalue weighted by molar-refractivity contribution is -0.127. The predicted octanol–water partition coefficient (Wildman–Crippen LogP) is 4.33. The van der Waals surface area contributed by atoms with Crippen molar-refractivity contribution in [2.45, 2.75) is 20.1 Å². The summed E-state index contributed by atoms with van der Waals surface area (Å²) in [5.74, 6) is 0.847. The number of benzene rings is 2. The zero-order valence-corrected chi connectivity index (χ0v) is 18.5. The Morgan fingerprint density at radius 3 is 2.44 bits per heavy atom. The summed E-state index contributed by atoms with van der Waals surface area (Å²) in [5.41, 5.74) is 4.55. The van der Waals surface area contributed by atoms with Gasteiger partial charge in [-0.2, -0.15) is 0 Å². The highest BCUT2D eigenvalue weighted by molar-refractivity contribution is 5.91. The van der Waals surface area contributed by atoms with Crippen LogP contribution in [0, 0.1) is 6.92 Å². The van der Waals surface area contributed by atoms with Crippen LogP contribution in [0.1, 0.15) is 22.4 Å². The zero-order chi connectivity index (χ0) is 22.2. The van der Waals surface area contributed by atoms with E-state index >= 15 is 0 Å². The second-order valence-electron chi connectivity index (χ2n) is 8.04. The summed E-state index contributed by atoms with van der Waals surface area (Å²) in [6.07, 6.45) is 5.29. The molecule has 0 radical (unpaired) electrons. The van der Waals surface area contributed by atoms with Gasteiger partial charge >= 0.3 is 0 Å². The van der Waals surface area contributed by atoms with E-state index in [0.29, 0.717) is 6.61 Å². The summed E-state index contributed by atoms with van der Waals surface area (Å²) < 4.78 is 5.76. The van der Waals surface area contributed by atoms with Crippen molar-refractivity contribution in [3.05, 3.63) is 101 Å². The number of carbonyl (C=O) groups is 1. The number of hydrogen-bond acceptors (Lipinski definition) is 4. The van der Waals surface area contributed by atoms with Crippen molar-refractivity contribution in [3.63, 3.8) is 0 Å². The Balaban J connectivity index is 1.23. The number of piperazine rings is 1. The number of ether oxygens (including phenoxy) is 1. The number of hydrogen-bond donors (Lipinski definition) is 0. The molecule has 2 aromatic carbocycles. The van der Waals surface area contributed by atoms with E-state index in [1.165, 1.54) is 11.1 Å². The van der Waals surface area contributed by atoms with Crippen molar-refractivity contribution >= 4 is 12.0 Å². The van der Waals surface area contributed by atoms with E-state index in [2.05, 4.69) is 41.1 Å². The molecule has 1 saturated heterocycles. The first kappa shape index (κ1) is 21.8. The number of aryl methyl sites for hydroxylation is 1. The number of rotatable bonds is 7. The fourth-order valence-corrected chi connectivity index (χ4v) is 3.74. The fourth-order valence-electron chi connectivity index (χ4n) is 3.74. The molecule has 0 N–H and O–H groups in total. The summed E-state index contributed by atoms with van der Waals surface area (Å²) >= 11 is 0. The molecule has 0 saturated carbocycles. The van der Waals surface area contributed by atoms with Crippen molar-refractivity contribution in [2.24, 2.45) is 0 Å². The Hall–Kier alpha value is -3.44. The molecule has 164 valence electrons. The Labute approximate surface area is 190 Å². The highest BCUT2D eigenvalue weighted by Gasteiger charge is 2.19. The van der Waals surface area contributed by atoms with Crippen LogP contribution in [0.15, 0.2) is 79.0 Å². The van der Waals surface area contributed by atoms with Crippen LogP contribution in [-0.4, -0.2) is 46.9 Å². The number of carbonyl (C=O) groups excluding carboxylic acids is 1. The molecule has 0 atom stereocenters. The first-order chi connectivity index (χ1) is 15.7. The molecule has 0 spiro atoms. The minimum atomic E-state index is 0.0658. The lowest BCUT2D eigenvalue weighted by atomic mass is 10.1. The Kier molecular flexibility index (Phi) is 7.31. The monoisotopic (exact) mass is 427 g/mol. The van der Waals surface area contributed by atoms with Crippen LogP contribution in [0.2, 0.25) is 0 Å². The van der Waals surface area contributed by atoms with Gasteiger partial charge in [0.25, 0.3) is 0 Å². The summed E-state index contributed by atoms with van der Waals surface area (Å²) in [7, 11) is 0. The largest absolute Gasteiger partial charge is 0.487 e. The van der Waals surface area contributed by atoms with Crippen molar-refractivity contribution in [1.82, 2.24) is 14.8 Å². The van der Waals surface area contributed by atoms with E-state index in [9.17, 15) is 4.79 Å². The van der Waals surface area contributed by atoms with Crippen LogP contribution in [0.4, 0.5) is 0 Å². The third-order valence-corrected chi connectivity index (χ3v) is 5.75. The van der Waals surface area contributed by atoms with Crippen LogP contribution >= 0.6 is 0 Å². The molecule has 4 rings (SSSR count). The molecule has 0 unspecified atom stereocenters. The van der Waals surface area contributed by atoms with Gasteiger partial charge in [0.05, 0.1) is 5.69 Å². The molecule has 1 aromatic heterocycles. The highest BCUT2D eigenvalue weighted by Crippen LogP contribution is 2.16. The maximum Gasteiger partial charge on any atom is 0.246 e. The SMILES string of the molecule is Cc1ccccc1CN1CCN(C(=O)/C=C/c2ccc(OCc3ccccn3)cc2)CC1. The second-order valence-corrected chi connectivity index (χ2v) is 8.04. The van der Waals surface area contributed by atoms with Gasteiger partial charge in [-0.05, 0) is 54.0 Å². The predicted molar refractivity (Wildman–Crippen MR) is 127 cm³/mol. The molecule has 32 heavy (non-hydrogen) atoms. The maximum atomic E-state index is 12.6. The van der Waals surface area contributed by atoms with Crippen LogP contribution in [0.5, 0.6) is 5.75 Å². The van der Waals surface area contributed by atoms with Gasteiger partial charge in [0.2, 0.25) is 5.91 Å². The van der Waals surface area contributed by atoms with Gasteiger partial charge in [-0.3, -0.25) is 14.7 Å². The summed E-state index contributed by atoms with van der Waals surface area (Å²) in [4.78, 5) is 21.2. The average Bonchev–Trinajstić information content (AvgIpc) is 2.84. The molecule has 5 nitrogen and oxygen atoms in total. The lowest BCUT2D eigenvalue weighted by Crippen LogP contribution is -2.47. The molecule has 1 fully saturated rings. The van der Waals surface area contributed by atoms with Crippen LogP contribution in [-0.2, 0) is 17.9 Å². The number of amides is 1. The third kappa shape index (κ3) is 6.05. The topological polar surface area (TPSA) is 45.7 Å². The summed E-state index contributed by atoms with van der Waals surface area (Å²) in [6, 6.07) is 22.0. The minimum Gasteiger partial charge on any atom is -0.487 e. The first-order valence-corrected chi connectivity index (χ1v) is 11.0. The van der Waals surface area contributed by atoms with E-state index in [4.69, 9.17) is 4.74 Å². The van der Waals surface area contributed by atoms with E-state index in [0.717, 1.165) is 49.7 Å². The van der Waals surface area contributed by atoms with Gasteiger partial charge in [-0.15, -0.1) is 0 Å². The molecule has 2 heterocycles. The second kappa shape index (κ2) is 10.7. The first-order valence-electron chi connectivity index (χ1n) is 11.0. The quantitative estimate of drug-likeness (QED) is 0.527. The maximum absolute atomic E-state index is 12.6. The van der Waals surface area contributed by atoms with E-state index in [1.807, 2.05) is 53.4 Å². The zero-order valence-electron chi connectivity index (χ0n) is 18.5. The smallest absolute Gasteiger partial charge is 0.246 e. The molecule has 1 aliphatic rings. The van der Waals surface area contributed by atoms with Gasteiger partial charge in [0.1, 0.15) is 12.4 Å². The molecule has 0 bridgehead atoms. The third-order valence-electron chi connectivity index (χ3n) is 5.75. The Bertz CT molecular complexity index is 1040. The van der Waals surface area contributed by atoms with E-state index in [1.54, 1.807) is 12.3 Å². The number of nitrogens with zero attached hydrogens (tertiary/aromatic N) is 3. The van der Waals surface area contributed by atoms with Crippen LogP contribution in [0.3, 0.4) is 0 Å².